The van der Waals surface area contributed by atoms with Crippen LogP contribution in [0.3, 0.4) is 0 Å². The fraction of sp³-hybridized carbons (Fsp3) is 0.0513. The van der Waals surface area contributed by atoms with Crippen molar-refractivity contribution in [3.05, 3.63) is 157 Å². The minimum Gasteiger partial charge on any atom is -0.309 e. The lowest BCUT2D eigenvalue weighted by molar-refractivity contribution is 0.880. The van der Waals surface area contributed by atoms with Crippen molar-refractivity contribution in [2.45, 2.75) is 12.3 Å². The topological polar surface area (TPSA) is 41.4 Å². The van der Waals surface area contributed by atoms with Crippen molar-refractivity contribution < 1.29 is 0 Å². The SMILES string of the molecule is C1=Nc2c(ccc3cccnc23)CC1c1ccc2cc(-c3ccc(N(c4ccccc4)c4cccnc4)cc3)ccc2c1. The number of hydrogen-bond donors (Lipinski definition) is 0. The second-order valence-corrected chi connectivity index (χ2v) is 11.0. The molecular formula is C39H28N4. The van der Waals surface area contributed by atoms with Crippen molar-refractivity contribution >= 4 is 50.6 Å². The van der Waals surface area contributed by atoms with Gasteiger partial charge in [0.1, 0.15) is 0 Å². The number of hydrogen-bond acceptors (Lipinski definition) is 4. The average molecular weight is 553 g/mol. The van der Waals surface area contributed by atoms with E-state index in [0.29, 0.717) is 0 Å². The average Bonchev–Trinajstić information content (AvgIpc) is 3.09. The number of aliphatic imine (C=N–C) groups is 1. The third-order valence-corrected chi connectivity index (χ3v) is 8.32. The maximum atomic E-state index is 4.88. The molecule has 3 heterocycles. The number of nitrogens with zero attached hydrogens (tertiary/aromatic N) is 4. The summed E-state index contributed by atoms with van der Waals surface area (Å²) in [5, 5.41) is 3.61. The zero-order valence-electron chi connectivity index (χ0n) is 23.5. The molecule has 204 valence electrons. The fourth-order valence-electron chi connectivity index (χ4n) is 6.13. The van der Waals surface area contributed by atoms with E-state index < -0.39 is 0 Å². The number of pyridine rings is 2. The lowest BCUT2D eigenvalue weighted by Gasteiger charge is -2.25. The van der Waals surface area contributed by atoms with E-state index in [9.17, 15) is 0 Å². The molecule has 0 saturated heterocycles. The zero-order valence-corrected chi connectivity index (χ0v) is 23.5. The Morgan fingerprint density at radius 1 is 0.581 bits per heavy atom. The van der Waals surface area contributed by atoms with Crippen LogP contribution in [0.15, 0.2) is 151 Å². The van der Waals surface area contributed by atoms with Gasteiger partial charge in [-0.1, -0.05) is 78.9 Å². The predicted octanol–water partition coefficient (Wildman–Crippen LogP) is 9.96. The normalized spacial score (nSPS) is 14.1. The highest BCUT2D eigenvalue weighted by Gasteiger charge is 2.19. The highest BCUT2D eigenvalue weighted by molar-refractivity contribution is 5.95. The van der Waals surface area contributed by atoms with Crippen LogP contribution in [0.5, 0.6) is 0 Å². The van der Waals surface area contributed by atoms with Gasteiger partial charge in [-0.2, -0.15) is 0 Å². The predicted molar refractivity (Wildman–Crippen MR) is 178 cm³/mol. The van der Waals surface area contributed by atoms with E-state index in [0.717, 1.165) is 40.1 Å². The summed E-state index contributed by atoms with van der Waals surface area (Å²) in [4.78, 5) is 16.0. The number of anilines is 3. The number of fused-ring (bicyclic) bond motifs is 4. The van der Waals surface area contributed by atoms with E-state index >= 15 is 0 Å². The Morgan fingerprint density at radius 3 is 2.19 bits per heavy atom. The van der Waals surface area contributed by atoms with Gasteiger partial charge >= 0.3 is 0 Å². The minimum absolute atomic E-state index is 0.248. The molecule has 0 aliphatic carbocycles. The van der Waals surface area contributed by atoms with Crippen molar-refractivity contribution in [1.82, 2.24) is 9.97 Å². The van der Waals surface area contributed by atoms with Crippen molar-refractivity contribution in [2.75, 3.05) is 4.90 Å². The Bertz CT molecular complexity index is 2060. The molecule has 0 radical (unpaired) electrons. The molecule has 1 aliphatic rings. The number of aromatic nitrogens is 2. The molecule has 0 amide bonds. The molecule has 0 N–H and O–H groups in total. The third kappa shape index (κ3) is 4.73. The molecule has 0 spiro atoms. The Labute approximate surface area is 250 Å². The van der Waals surface area contributed by atoms with Gasteiger partial charge < -0.3 is 4.90 Å². The highest BCUT2D eigenvalue weighted by atomic mass is 15.1. The maximum absolute atomic E-state index is 4.88. The maximum Gasteiger partial charge on any atom is 0.0961 e. The molecule has 4 heteroatoms. The van der Waals surface area contributed by atoms with Crippen LogP contribution >= 0.6 is 0 Å². The summed E-state index contributed by atoms with van der Waals surface area (Å²) in [5.74, 6) is 0.248. The first-order chi connectivity index (χ1) is 21.3. The van der Waals surface area contributed by atoms with Gasteiger partial charge in [-0.15, -0.1) is 0 Å². The standard InChI is InChI=1S/C39H28N4/c1-2-7-35(8-3-1)43(37-9-5-20-40-26-37)36-18-16-27(17-19-36)29-11-12-31-23-32(14-13-30(31)22-29)34-24-33-15-10-28-6-4-21-41-38(28)39(33)42-25-34/h1-23,25-26,34H,24H2. The zero-order chi connectivity index (χ0) is 28.6. The van der Waals surface area contributed by atoms with E-state index in [2.05, 4.69) is 130 Å². The van der Waals surface area contributed by atoms with E-state index in [1.165, 1.54) is 33.0 Å². The summed E-state index contributed by atoms with van der Waals surface area (Å²) in [7, 11) is 0. The van der Waals surface area contributed by atoms with E-state index in [1.807, 2.05) is 30.6 Å². The van der Waals surface area contributed by atoms with Crippen LogP contribution < -0.4 is 4.90 Å². The number of benzene rings is 5. The lowest BCUT2D eigenvalue weighted by atomic mass is 9.88. The monoisotopic (exact) mass is 552 g/mol. The molecule has 5 aromatic carbocycles. The fourth-order valence-corrected chi connectivity index (χ4v) is 6.13. The first-order valence-corrected chi connectivity index (χ1v) is 14.6. The Hall–Kier alpha value is -5.61. The van der Waals surface area contributed by atoms with Gasteiger partial charge in [-0.3, -0.25) is 15.0 Å². The van der Waals surface area contributed by atoms with Crippen LogP contribution in [0.2, 0.25) is 0 Å². The molecular weight excluding hydrogens is 524 g/mol. The van der Waals surface area contributed by atoms with Gasteiger partial charge in [0.25, 0.3) is 0 Å². The summed E-state index contributed by atoms with van der Waals surface area (Å²) < 4.78 is 0. The Morgan fingerprint density at radius 2 is 1.33 bits per heavy atom. The van der Waals surface area contributed by atoms with E-state index in [-0.39, 0.29) is 5.92 Å². The molecule has 1 atom stereocenters. The van der Waals surface area contributed by atoms with Gasteiger partial charge in [0, 0.05) is 41.3 Å². The van der Waals surface area contributed by atoms with E-state index in [1.54, 1.807) is 6.20 Å². The first-order valence-electron chi connectivity index (χ1n) is 14.6. The highest BCUT2D eigenvalue weighted by Crippen LogP contribution is 2.38. The summed E-state index contributed by atoms with van der Waals surface area (Å²) in [6.07, 6.45) is 8.57. The van der Waals surface area contributed by atoms with Crippen LogP contribution in [0.25, 0.3) is 32.8 Å². The van der Waals surface area contributed by atoms with Gasteiger partial charge in [0.05, 0.1) is 23.1 Å². The van der Waals surface area contributed by atoms with Crippen LogP contribution in [-0.2, 0) is 6.42 Å². The first kappa shape index (κ1) is 25.1. The lowest BCUT2D eigenvalue weighted by Crippen LogP contribution is -2.09. The van der Waals surface area contributed by atoms with Crippen LogP contribution in [0, 0.1) is 0 Å². The largest absolute Gasteiger partial charge is 0.309 e. The molecule has 0 saturated carbocycles. The van der Waals surface area contributed by atoms with Crippen molar-refractivity contribution in [2.24, 2.45) is 4.99 Å². The summed E-state index contributed by atoms with van der Waals surface area (Å²) >= 11 is 0. The van der Waals surface area contributed by atoms with Crippen LogP contribution in [-0.4, -0.2) is 16.2 Å². The third-order valence-electron chi connectivity index (χ3n) is 8.32. The second-order valence-electron chi connectivity index (χ2n) is 11.0. The second kappa shape index (κ2) is 10.7. The smallest absolute Gasteiger partial charge is 0.0961 e. The molecule has 43 heavy (non-hydrogen) atoms. The molecule has 7 aromatic rings. The minimum atomic E-state index is 0.248. The molecule has 0 bridgehead atoms. The molecule has 1 aliphatic heterocycles. The van der Waals surface area contributed by atoms with Crippen LogP contribution in [0.1, 0.15) is 17.0 Å². The molecule has 0 fully saturated rings. The number of rotatable bonds is 5. The summed E-state index contributed by atoms with van der Waals surface area (Å²) in [5.41, 5.74) is 10.1. The van der Waals surface area contributed by atoms with Gasteiger partial charge in [-0.25, -0.2) is 0 Å². The van der Waals surface area contributed by atoms with Crippen molar-refractivity contribution in [3.63, 3.8) is 0 Å². The van der Waals surface area contributed by atoms with Gasteiger partial charge in [-0.05, 0) is 88.0 Å². The number of para-hydroxylation sites is 1. The van der Waals surface area contributed by atoms with Crippen molar-refractivity contribution in [3.8, 4) is 11.1 Å². The van der Waals surface area contributed by atoms with E-state index in [4.69, 9.17) is 4.99 Å². The summed E-state index contributed by atoms with van der Waals surface area (Å²) in [6, 6.07) is 45.2. The van der Waals surface area contributed by atoms with Crippen LogP contribution in [0.4, 0.5) is 22.7 Å². The molecule has 1 unspecified atom stereocenters. The molecule has 2 aromatic heterocycles. The van der Waals surface area contributed by atoms with Gasteiger partial charge in [0.2, 0.25) is 0 Å². The Kier molecular flexibility index (Phi) is 6.23. The Balaban J connectivity index is 1.07. The quantitative estimate of drug-likeness (QED) is 0.213. The molecule has 8 rings (SSSR count). The molecule has 4 nitrogen and oxygen atoms in total. The van der Waals surface area contributed by atoms with Gasteiger partial charge in [0.15, 0.2) is 0 Å². The van der Waals surface area contributed by atoms with Crippen molar-refractivity contribution in [1.29, 1.82) is 0 Å². The summed E-state index contributed by atoms with van der Waals surface area (Å²) in [6.45, 7) is 0.